The van der Waals surface area contributed by atoms with Crippen LogP contribution in [0.2, 0.25) is 0 Å². The minimum absolute atomic E-state index is 0.666. The predicted molar refractivity (Wildman–Crippen MR) is 83.5 cm³/mol. The van der Waals surface area contributed by atoms with E-state index in [2.05, 4.69) is 31.0 Å². The predicted octanol–water partition coefficient (Wildman–Crippen LogP) is 3.81. The van der Waals surface area contributed by atoms with Gasteiger partial charge in [0.05, 0.1) is 0 Å². The smallest absolute Gasteiger partial charge is 0.0127 e. The lowest BCUT2D eigenvalue weighted by atomic mass is 9.94. The van der Waals surface area contributed by atoms with E-state index in [1.807, 2.05) is 0 Å². The summed E-state index contributed by atoms with van der Waals surface area (Å²) >= 11 is 0. The minimum atomic E-state index is 0.666. The fourth-order valence-electron chi connectivity index (χ4n) is 4.33. The Morgan fingerprint density at radius 3 is 2.53 bits per heavy atom. The lowest BCUT2D eigenvalue weighted by Gasteiger charge is -2.35. The average molecular weight is 266 g/mol. The van der Waals surface area contributed by atoms with E-state index >= 15 is 0 Å². The van der Waals surface area contributed by atoms with E-state index in [9.17, 15) is 0 Å². The summed E-state index contributed by atoms with van der Waals surface area (Å²) in [5.74, 6) is 1.02. The monoisotopic (exact) mass is 266 g/mol. The third-order valence-electron chi connectivity index (χ3n) is 5.29. The fourth-order valence-corrected chi connectivity index (χ4v) is 4.33. The summed E-state index contributed by atoms with van der Waals surface area (Å²) in [6, 6.07) is 2.34. The van der Waals surface area contributed by atoms with Crippen molar-refractivity contribution in [2.75, 3.05) is 13.1 Å². The standard InChI is InChI=1S/C17H34N2/c1-4-11-18-14(2)13-15(3)19-12-7-10-17(19)16-8-5-6-9-16/h14-18H,4-13H2,1-3H3. The molecule has 1 heterocycles. The van der Waals surface area contributed by atoms with Crippen LogP contribution in [0.15, 0.2) is 0 Å². The summed E-state index contributed by atoms with van der Waals surface area (Å²) < 4.78 is 0. The molecule has 2 nitrogen and oxygen atoms in total. The van der Waals surface area contributed by atoms with Crippen molar-refractivity contribution in [3.05, 3.63) is 0 Å². The number of hydrogen-bond donors (Lipinski definition) is 1. The molecule has 0 bridgehead atoms. The first-order valence-corrected chi connectivity index (χ1v) is 8.71. The van der Waals surface area contributed by atoms with Gasteiger partial charge in [-0.3, -0.25) is 4.90 Å². The van der Waals surface area contributed by atoms with Gasteiger partial charge < -0.3 is 5.32 Å². The van der Waals surface area contributed by atoms with Gasteiger partial charge in [0.1, 0.15) is 0 Å². The largest absolute Gasteiger partial charge is 0.314 e. The summed E-state index contributed by atoms with van der Waals surface area (Å²) in [6.45, 7) is 9.58. The van der Waals surface area contributed by atoms with Crippen LogP contribution in [-0.2, 0) is 0 Å². The van der Waals surface area contributed by atoms with Crippen LogP contribution in [0.5, 0.6) is 0 Å². The van der Waals surface area contributed by atoms with Crippen molar-refractivity contribution in [3.63, 3.8) is 0 Å². The van der Waals surface area contributed by atoms with E-state index in [1.54, 1.807) is 0 Å². The highest BCUT2D eigenvalue weighted by atomic mass is 15.2. The van der Waals surface area contributed by atoms with Crippen LogP contribution in [0, 0.1) is 5.92 Å². The third kappa shape index (κ3) is 4.19. The zero-order valence-electron chi connectivity index (χ0n) is 13.3. The van der Waals surface area contributed by atoms with Crippen molar-refractivity contribution in [1.29, 1.82) is 0 Å². The molecular weight excluding hydrogens is 232 g/mol. The molecule has 1 aliphatic heterocycles. The third-order valence-corrected chi connectivity index (χ3v) is 5.29. The van der Waals surface area contributed by atoms with E-state index in [4.69, 9.17) is 0 Å². The van der Waals surface area contributed by atoms with E-state index in [0.717, 1.165) is 18.0 Å². The van der Waals surface area contributed by atoms with Gasteiger partial charge in [-0.25, -0.2) is 0 Å². The number of hydrogen-bond acceptors (Lipinski definition) is 2. The molecule has 0 aromatic heterocycles. The van der Waals surface area contributed by atoms with Gasteiger partial charge in [-0.1, -0.05) is 19.8 Å². The minimum Gasteiger partial charge on any atom is -0.314 e. The summed E-state index contributed by atoms with van der Waals surface area (Å²) in [4.78, 5) is 2.85. The molecule has 0 spiro atoms. The van der Waals surface area contributed by atoms with Crippen molar-refractivity contribution in [2.45, 2.75) is 90.3 Å². The molecule has 2 fully saturated rings. The molecule has 2 rings (SSSR count). The number of nitrogens with zero attached hydrogens (tertiary/aromatic N) is 1. The van der Waals surface area contributed by atoms with Gasteiger partial charge in [-0.05, 0) is 71.4 Å². The van der Waals surface area contributed by atoms with Crippen molar-refractivity contribution < 1.29 is 0 Å². The molecule has 2 aliphatic rings. The highest BCUT2D eigenvalue weighted by Crippen LogP contribution is 2.36. The highest BCUT2D eigenvalue weighted by Gasteiger charge is 2.35. The van der Waals surface area contributed by atoms with Gasteiger partial charge in [0.25, 0.3) is 0 Å². The Bertz CT molecular complexity index is 248. The summed E-state index contributed by atoms with van der Waals surface area (Å²) in [5, 5.41) is 3.64. The molecule has 2 heteroatoms. The Kier molecular flexibility index (Phi) is 6.15. The van der Waals surface area contributed by atoms with Gasteiger partial charge in [0.2, 0.25) is 0 Å². The molecule has 0 aromatic rings. The van der Waals surface area contributed by atoms with Crippen LogP contribution in [0.1, 0.15) is 72.1 Å². The van der Waals surface area contributed by atoms with Crippen LogP contribution in [0.4, 0.5) is 0 Å². The Morgan fingerprint density at radius 1 is 1.11 bits per heavy atom. The second-order valence-corrected chi connectivity index (χ2v) is 6.93. The molecule has 112 valence electrons. The first kappa shape index (κ1) is 15.3. The molecular formula is C17H34N2. The number of likely N-dealkylation sites (tertiary alicyclic amines) is 1. The van der Waals surface area contributed by atoms with Crippen LogP contribution < -0.4 is 5.32 Å². The maximum atomic E-state index is 3.64. The number of rotatable bonds is 7. The lowest BCUT2D eigenvalue weighted by Crippen LogP contribution is -2.43. The highest BCUT2D eigenvalue weighted by molar-refractivity contribution is 4.90. The second-order valence-electron chi connectivity index (χ2n) is 6.93. The van der Waals surface area contributed by atoms with Crippen molar-refractivity contribution in [2.24, 2.45) is 5.92 Å². The molecule has 3 atom stereocenters. The maximum absolute atomic E-state index is 3.64. The van der Waals surface area contributed by atoms with Crippen molar-refractivity contribution in [1.82, 2.24) is 10.2 Å². The molecule has 1 saturated heterocycles. The molecule has 3 unspecified atom stereocenters. The Labute approximate surface area is 120 Å². The molecule has 0 radical (unpaired) electrons. The van der Waals surface area contributed by atoms with Crippen molar-refractivity contribution in [3.8, 4) is 0 Å². The Morgan fingerprint density at radius 2 is 1.84 bits per heavy atom. The normalized spacial score (nSPS) is 28.9. The van der Waals surface area contributed by atoms with E-state index in [-0.39, 0.29) is 0 Å². The summed E-state index contributed by atoms with van der Waals surface area (Å²) in [7, 11) is 0. The van der Waals surface area contributed by atoms with Crippen LogP contribution in [0.25, 0.3) is 0 Å². The topological polar surface area (TPSA) is 15.3 Å². The first-order valence-electron chi connectivity index (χ1n) is 8.71. The van der Waals surface area contributed by atoms with Gasteiger partial charge in [-0.2, -0.15) is 0 Å². The van der Waals surface area contributed by atoms with E-state index in [1.165, 1.54) is 64.5 Å². The summed E-state index contributed by atoms with van der Waals surface area (Å²) in [5.41, 5.74) is 0. The van der Waals surface area contributed by atoms with Crippen LogP contribution in [-0.4, -0.2) is 36.1 Å². The molecule has 0 amide bonds. The molecule has 19 heavy (non-hydrogen) atoms. The van der Waals surface area contributed by atoms with Gasteiger partial charge >= 0.3 is 0 Å². The zero-order valence-corrected chi connectivity index (χ0v) is 13.3. The molecule has 1 N–H and O–H groups in total. The second kappa shape index (κ2) is 7.64. The van der Waals surface area contributed by atoms with Gasteiger partial charge in [-0.15, -0.1) is 0 Å². The van der Waals surface area contributed by atoms with Crippen molar-refractivity contribution >= 4 is 0 Å². The van der Waals surface area contributed by atoms with E-state index < -0.39 is 0 Å². The SMILES string of the molecule is CCCNC(C)CC(C)N1CCCC1C1CCCC1. The van der Waals surface area contributed by atoms with Gasteiger partial charge in [0.15, 0.2) is 0 Å². The van der Waals surface area contributed by atoms with E-state index in [0.29, 0.717) is 6.04 Å². The summed E-state index contributed by atoms with van der Waals surface area (Å²) in [6.07, 6.45) is 11.4. The molecule has 1 saturated carbocycles. The molecule has 1 aliphatic carbocycles. The Hall–Kier alpha value is -0.0800. The average Bonchev–Trinajstić information content (AvgIpc) is 3.05. The zero-order chi connectivity index (χ0) is 13.7. The fraction of sp³-hybridized carbons (Fsp3) is 1.00. The Balaban J connectivity index is 1.81. The van der Waals surface area contributed by atoms with Crippen LogP contribution >= 0.6 is 0 Å². The first-order chi connectivity index (χ1) is 9.22. The number of nitrogens with one attached hydrogen (secondary N) is 1. The quantitative estimate of drug-likeness (QED) is 0.754. The lowest BCUT2D eigenvalue weighted by molar-refractivity contribution is 0.131. The maximum Gasteiger partial charge on any atom is 0.0127 e. The van der Waals surface area contributed by atoms with Crippen LogP contribution in [0.3, 0.4) is 0 Å². The van der Waals surface area contributed by atoms with Gasteiger partial charge in [0, 0.05) is 18.1 Å². The molecule has 0 aromatic carbocycles.